The van der Waals surface area contributed by atoms with Crippen LogP contribution in [0, 0.1) is 0 Å². The smallest absolute Gasteiger partial charge is 0.221 e. The molecule has 0 aliphatic rings. The van der Waals surface area contributed by atoms with Crippen LogP contribution in [0.2, 0.25) is 0 Å². The number of ether oxygens (including phenoxy) is 1. The summed E-state index contributed by atoms with van der Waals surface area (Å²) < 4.78 is 5.31. The summed E-state index contributed by atoms with van der Waals surface area (Å²) >= 11 is 1.74. The molecule has 6 nitrogen and oxygen atoms in total. The SMILES string of the molecule is CCNC(=NCc1ccc(OC)c(NC(C)=O)c1)N(C)Cc1ccc(SC)cc1. The average Bonchev–Trinajstić information content (AvgIpc) is 2.71. The van der Waals surface area contributed by atoms with E-state index >= 15 is 0 Å². The zero-order valence-corrected chi connectivity index (χ0v) is 18.6. The molecule has 0 aliphatic carbocycles. The van der Waals surface area contributed by atoms with Gasteiger partial charge in [-0.25, -0.2) is 4.99 Å². The first-order valence-electron chi connectivity index (χ1n) is 9.53. The van der Waals surface area contributed by atoms with Gasteiger partial charge in [-0.05, 0) is 48.6 Å². The monoisotopic (exact) mass is 414 g/mol. The molecule has 2 N–H and O–H groups in total. The molecule has 0 aromatic heterocycles. The second kappa shape index (κ2) is 11.4. The number of anilines is 1. The fraction of sp³-hybridized carbons (Fsp3) is 0.364. The number of hydrogen-bond donors (Lipinski definition) is 2. The minimum atomic E-state index is -0.135. The number of benzene rings is 2. The number of amides is 1. The van der Waals surface area contributed by atoms with Crippen LogP contribution >= 0.6 is 11.8 Å². The number of aliphatic imine (C=N–C) groups is 1. The lowest BCUT2D eigenvalue weighted by Gasteiger charge is -2.22. The molecular weight excluding hydrogens is 384 g/mol. The Balaban J connectivity index is 2.13. The molecule has 0 radical (unpaired) electrons. The Bertz CT molecular complexity index is 837. The minimum absolute atomic E-state index is 0.135. The molecule has 0 saturated carbocycles. The highest BCUT2D eigenvalue weighted by atomic mass is 32.2. The molecule has 0 fully saturated rings. The maximum atomic E-state index is 11.4. The highest BCUT2D eigenvalue weighted by Gasteiger charge is 2.09. The van der Waals surface area contributed by atoms with Gasteiger partial charge in [-0.3, -0.25) is 4.79 Å². The van der Waals surface area contributed by atoms with Crippen molar-refractivity contribution in [3.8, 4) is 5.75 Å². The van der Waals surface area contributed by atoms with Crippen LogP contribution in [-0.4, -0.2) is 43.7 Å². The molecule has 0 saturated heterocycles. The number of thioether (sulfide) groups is 1. The highest BCUT2D eigenvalue weighted by Crippen LogP contribution is 2.26. The van der Waals surface area contributed by atoms with Gasteiger partial charge >= 0.3 is 0 Å². The topological polar surface area (TPSA) is 66.0 Å². The van der Waals surface area contributed by atoms with Crippen molar-refractivity contribution >= 4 is 29.3 Å². The van der Waals surface area contributed by atoms with Crippen LogP contribution in [0.4, 0.5) is 5.69 Å². The van der Waals surface area contributed by atoms with E-state index in [9.17, 15) is 4.79 Å². The van der Waals surface area contributed by atoms with Crippen LogP contribution in [0.5, 0.6) is 5.75 Å². The number of carbonyl (C=O) groups is 1. The Labute approximate surface area is 177 Å². The molecule has 2 aromatic carbocycles. The van der Waals surface area contributed by atoms with E-state index in [0.29, 0.717) is 18.0 Å². The molecule has 0 spiro atoms. The number of nitrogens with one attached hydrogen (secondary N) is 2. The van der Waals surface area contributed by atoms with Crippen molar-refractivity contribution in [3.05, 3.63) is 53.6 Å². The molecule has 0 bridgehead atoms. The van der Waals surface area contributed by atoms with E-state index in [1.54, 1.807) is 18.9 Å². The summed E-state index contributed by atoms with van der Waals surface area (Å²) in [5.74, 6) is 1.33. The Morgan fingerprint density at radius 3 is 2.45 bits per heavy atom. The Morgan fingerprint density at radius 2 is 1.86 bits per heavy atom. The Morgan fingerprint density at radius 1 is 1.17 bits per heavy atom. The van der Waals surface area contributed by atoms with Gasteiger partial charge in [0.05, 0.1) is 19.3 Å². The number of guanidine groups is 1. The number of methoxy groups -OCH3 is 1. The van der Waals surface area contributed by atoms with Crippen molar-refractivity contribution in [2.75, 3.05) is 32.3 Å². The predicted molar refractivity (Wildman–Crippen MR) is 122 cm³/mol. The maximum absolute atomic E-state index is 11.4. The van der Waals surface area contributed by atoms with Crippen molar-refractivity contribution in [2.24, 2.45) is 4.99 Å². The van der Waals surface area contributed by atoms with Crippen LogP contribution in [0.1, 0.15) is 25.0 Å². The standard InChI is InChI=1S/C22H30N4O2S/c1-6-23-22(26(3)15-17-7-10-19(29-5)11-8-17)24-14-18-9-12-21(28-4)20(13-18)25-16(2)27/h7-13H,6,14-15H2,1-5H3,(H,23,24)(H,25,27). The molecule has 7 heteroatoms. The van der Waals surface area contributed by atoms with Gasteiger partial charge < -0.3 is 20.3 Å². The molecule has 156 valence electrons. The molecular formula is C22H30N4O2S. The number of hydrogen-bond acceptors (Lipinski definition) is 4. The lowest BCUT2D eigenvalue weighted by atomic mass is 10.2. The fourth-order valence-electron chi connectivity index (χ4n) is 2.86. The second-order valence-corrected chi connectivity index (χ2v) is 7.47. The number of rotatable bonds is 8. The Hall–Kier alpha value is -2.67. The zero-order valence-electron chi connectivity index (χ0n) is 17.8. The minimum Gasteiger partial charge on any atom is -0.495 e. The average molecular weight is 415 g/mol. The summed E-state index contributed by atoms with van der Waals surface area (Å²) in [5, 5.41) is 6.14. The van der Waals surface area contributed by atoms with Crippen molar-refractivity contribution in [1.82, 2.24) is 10.2 Å². The van der Waals surface area contributed by atoms with Crippen LogP contribution in [0.15, 0.2) is 52.4 Å². The third kappa shape index (κ3) is 7.02. The highest BCUT2D eigenvalue weighted by molar-refractivity contribution is 7.98. The van der Waals surface area contributed by atoms with Crippen molar-refractivity contribution < 1.29 is 9.53 Å². The molecule has 2 rings (SSSR count). The first kappa shape index (κ1) is 22.6. The van der Waals surface area contributed by atoms with Crippen LogP contribution in [-0.2, 0) is 17.9 Å². The molecule has 1 amide bonds. The van der Waals surface area contributed by atoms with Crippen LogP contribution in [0.25, 0.3) is 0 Å². The molecule has 0 aliphatic heterocycles. The second-order valence-electron chi connectivity index (χ2n) is 6.59. The summed E-state index contributed by atoms with van der Waals surface area (Å²) in [6, 6.07) is 14.3. The van der Waals surface area contributed by atoms with E-state index in [0.717, 1.165) is 24.6 Å². The summed E-state index contributed by atoms with van der Waals surface area (Å²) in [4.78, 5) is 19.6. The molecule has 0 unspecified atom stereocenters. The zero-order chi connectivity index (χ0) is 21.2. The van der Waals surface area contributed by atoms with Gasteiger partial charge in [-0.15, -0.1) is 11.8 Å². The largest absolute Gasteiger partial charge is 0.495 e. The van der Waals surface area contributed by atoms with Gasteiger partial charge in [-0.2, -0.15) is 0 Å². The van der Waals surface area contributed by atoms with E-state index in [1.165, 1.54) is 17.4 Å². The van der Waals surface area contributed by atoms with Gasteiger partial charge in [0, 0.05) is 32.0 Å². The third-order valence-electron chi connectivity index (χ3n) is 4.26. The van der Waals surface area contributed by atoms with Gasteiger partial charge in [0.25, 0.3) is 0 Å². The van der Waals surface area contributed by atoms with E-state index < -0.39 is 0 Å². The summed E-state index contributed by atoms with van der Waals surface area (Å²) in [7, 11) is 3.61. The predicted octanol–water partition coefficient (Wildman–Crippen LogP) is 3.97. The lowest BCUT2D eigenvalue weighted by Crippen LogP contribution is -2.38. The number of carbonyl (C=O) groups excluding carboxylic acids is 1. The van der Waals surface area contributed by atoms with Gasteiger partial charge in [-0.1, -0.05) is 18.2 Å². The quantitative estimate of drug-likeness (QED) is 0.389. The summed E-state index contributed by atoms with van der Waals surface area (Å²) in [5.41, 5.74) is 2.87. The molecule has 2 aromatic rings. The maximum Gasteiger partial charge on any atom is 0.221 e. The van der Waals surface area contributed by atoms with Gasteiger partial charge in [0.2, 0.25) is 5.91 Å². The lowest BCUT2D eigenvalue weighted by molar-refractivity contribution is -0.114. The molecule has 0 heterocycles. The van der Waals surface area contributed by atoms with E-state index in [1.807, 2.05) is 25.2 Å². The van der Waals surface area contributed by atoms with Crippen molar-refractivity contribution in [1.29, 1.82) is 0 Å². The fourth-order valence-corrected chi connectivity index (χ4v) is 3.26. The van der Waals surface area contributed by atoms with Crippen molar-refractivity contribution in [2.45, 2.75) is 31.8 Å². The Kier molecular flexibility index (Phi) is 8.86. The van der Waals surface area contributed by atoms with Gasteiger partial charge in [0.1, 0.15) is 5.75 Å². The summed E-state index contributed by atoms with van der Waals surface area (Å²) in [6.45, 7) is 5.58. The first-order chi connectivity index (χ1) is 14.0. The van der Waals surface area contributed by atoms with Gasteiger partial charge in [0.15, 0.2) is 5.96 Å². The molecule has 0 atom stereocenters. The number of nitrogens with zero attached hydrogens (tertiary/aromatic N) is 2. The van der Waals surface area contributed by atoms with E-state index in [2.05, 4.69) is 53.0 Å². The third-order valence-corrected chi connectivity index (χ3v) is 5.00. The normalized spacial score (nSPS) is 11.1. The summed E-state index contributed by atoms with van der Waals surface area (Å²) in [6.07, 6.45) is 2.08. The molecule has 29 heavy (non-hydrogen) atoms. The van der Waals surface area contributed by atoms with Crippen LogP contribution < -0.4 is 15.4 Å². The van der Waals surface area contributed by atoms with E-state index in [-0.39, 0.29) is 5.91 Å². The first-order valence-corrected chi connectivity index (χ1v) is 10.8. The van der Waals surface area contributed by atoms with Crippen molar-refractivity contribution in [3.63, 3.8) is 0 Å². The van der Waals surface area contributed by atoms with E-state index in [4.69, 9.17) is 9.73 Å². The van der Waals surface area contributed by atoms with Crippen LogP contribution in [0.3, 0.4) is 0 Å².